The third-order valence-electron chi connectivity index (χ3n) is 18.9. The van der Waals surface area contributed by atoms with Crippen LogP contribution in [-0.2, 0) is 27.2 Å². The van der Waals surface area contributed by atoms with Crippen molar-refractivity contribution in [1.82, 2.24) is 64.3 Å². The maximum atomic E-state index is 13.2. The van der Waals surface area contributed by atoms with Crippen molar-refractivity contribution in [3.63, 3.8) is 0 Å². The van der Waals surface area contributed by atoms with Gasteiger partial charge in [-0.25, -0.2) is 64.2 Å². The minimum absolute atomic E-state index is 0. The van der Waals surface area contributed by atoms with Crippen molar-refractivity contribution in [2.75, 3.05) is 80.7 Å². The lowest BCUT2D eigenvalue weighted by Gasteiger charge is -2.20. The van der Waals surface area contributed by atoms with Gasteiger partial charge in [0.05, 0.1) is 28.4 Å². The first-order valence-corrected chi connectivity index (χ1v) is 54.1. The number of fused-ring (bicyclic) bond motifs is 1. The highest BCUT2D eigenvalue weighted by Gasteiger charge is 2.24. The van der Waals surface area contributed by atoms with Crippen LogP contribution in [0.4, 0.5) is 55.9 Å². The van der Waals surface area contributed by atoms with Crippen molar-refractivity contribution < 1.29 is 61.8 Å². The number of nitrogens with two attached hydrogens (primary N) is 1. The number of nitrogens with zero attached hydrogens (tertiary/aromatic N) is 9. The first kappa shape index (κ1) is 121. The van der Waals surface area contributed by atoms with Crippen LogP contribution < -0.4 is 77.6 Å². The number of aromatic nitrogens is 10. The van der Waals surface area contributed by atoms with E-state index in [9.17, 15) is 47.5 Å². The quantitative estimate of drug-likeness (QED) is 0.0101. The normalized spacial score (nSPS) is 10.6. The number of carbonyl (C=O) groups is 9. The number of halogens is 5. The van der Waals surface area contributed by atoms with Gasteiger partial charge in [0.2, 0.25) is 17.8 Å². The van der Waals surface area contributed by atoms with Crippen LogP contribution in [0.25, 0.3) is 10.9 Å². The summed E-state index contributed by atoms with van der Waals surface area (Å²) in [6, 6.07) is 44.8. The Hall–Kier alpha value is -12.9. The molecule has 49 heteroatoms. The molecule has 11 aromatic heterocycles. The van der Waals surface area contributed by atoms with E-state index in [0.29, 0.717) is 131 Å². The lowest BCUT2D eigenvalue weighted by atomic mass is 10.0. The molecule has 149 heavy (non-hydrogen) atoms. The van der Waals surface area contributed by atoms with Crippen LogP contribution in [0, 0.1) is 61.3 Å². The number of ether oxygens (including phenoxy) is 3. The van der Waals surface area contributed by atoms with Gasteiger partial charge in [0.1, 0.15) is 40.9 Å². The van der Waals surface area contributed by atoms with Crippen LogP contribution in [-0.4, -0.2) is 148 Å². The highest BCUT2D eigenvalue weighted by molar-refractivity contribution is 7.18. The maximum Gasteiger partial charge on any atom is 0.412 e. The number of thiophene rings is 1. The number of para-hydroxylation sites is 3. The second-order valence-corrected chi connectivity index (χ2v) is 43.8. The average Bonchev–Trinajstić information content (AvgIpc) is 1.66. The van der Waals surface area contributed by atoms with E-state index in [0.717, 1.165) is 93.2 Å². The number of anilines is 9. The van der Waals surface area contributed by atoms with E-state index in [-0.39, 0.29) is 59.3 Å². The third-order valence-corrected chi connectivity index (χ3v) is 26.9. The van der Waals surface area contributed by atoms with Crippen LogP contribution in [0.1, 0.15) is 172 Å². The topological polar surface area (TPSA) is 483 Å². The highest BCUT2D eigenvalue weighted by Crippen LogP contribution is 2.31. The van der Waals surface area contributed by atoms with Gasteiger partial charge in [-0.05, 0) is 214 Å². The second-order valence-electron chi connectivity index (χ2n) is 32.2. The standard InChI is InChI=1S/C16H19N3O3S.C14H16ClN3OS.C13H14ClN3O2S.C13H11N3OS.C13H15N3OS.C11H12ClN3O2S2.C10H8FN3OS.C10H16N2OS.ClH/c1-10-9-17-14(23-10)19-13(20)11-7-5-6-8-12(11)18-15(21)22-16(2,3)4;1-10-9-16-14(20-10)18-13(19)12-7-3-2-5-11(12)6-4-8-17-15;1-9-8-15-13(20-9)17-12(18)10-4-2-3-5-11(10)19-7-6-16-14;1-8-7-14-13(18-8)16-12(17)11-6-9-4-2-3-5-10(9)15-11;1-9-8-15-13(18-9)16-12(17)11(14)7-10-5-3-2-4-6-10;1-7-6-13-11(19-7)15-10(16)9-8(2-5-18-9)17-4-3-14-12;1-6-5-13-10(16-6)14-9(15)7-3-2-4-12-8(7)11;1-3-4-5-6-9(13)12-10-11-7-8(2)14-10;/h5-9H,1-4H3,(H,18,21)(H,17,19,20);2-3,5,7,9,17H,4,6,8H2,1H3,(H,16,18,19);2-5,8,16H,6-7H2,1H3,(H,15,17,18);2-7,15H,1H3,(H,14,16,17);2-6,8,11H,7,14H2,1H3,(H,15,16,17);2,5-6,14H,3-4H2,1H3,(H,13,15,16);2-5H,1H3,(H,13,14,15);7H,3-6H2,1-2H3,(H,11,12,13);1H/t;;;;11-;;;;/m....0..../s1. The molecule has 1 atom stereocenters. The number of aromatic amines is 1. The molecule has 16 aromatic rings. The zero-order valence-corrected chi connectivity index (χ0v) is 93.3. The Morgan fingerprint density at radius 2 is 0.832 bits per heavy atom. The zero-order chi connectivity index (χ0) is 107. The summed E-state index contributed by atoms with van der Waals surface area (Å²) in [5, 5.41) is 32.0. The minimum atomic E-state index is -0.784. The second kappa shape index (κ2) is 64.5. The van der Waals surface area contributed by atoms with E-state index in [1.54, 1.807) is 119 Å². The Morgan fingerprint density at radius 1 is 0.423 bits per heavy atom. The number of benzene rings is 5. The summed E-state index contributed by atoms with van der Waals surface area (Å²) >= 11 is 28.9. The van der Waals surface area contributed by atoms with E-state index in [2.05, 4.69) is 119 Å². The van der Waals surface area contributed by atoms with E-state index >= 15 is 0 Å². The molecule has 0 bridgehead atoms. The van der Waals surface area contributed by atoms with Crippen LogP contribution in [0.2, 0.25) is 0 Å². The van der Waals surface area contributed by atoms with E-state index < -0.39 is 29.6 Å². The Bertz CT molecular complexity index is 6790. The monoisotopic (exact) mass is 2270 g/mol. The summed E-state index contributed by atoms with van der Waals surface area (Å²) in [5.41, 5.74) is 10.6. The fourth-order valence-electron chi connectivity index (χ4n) is 12.2. The largest absolute Gasteiger partial charge is 0.491 e. The van der Waals surface area contributed by atoms with Crippen molar-refractivity contribution in [2.45, 2.75) is 140 Å². The van der Waals surface area contributed by atoms with Gasteiger partial charge in [-0.3, -0.25) is 75.6 Å². The van der Waals surface area contributed by atoms with Gasteiger partial charge in [-0.1, -0.05) is 111 Å². The molecule has 0 aliphatic carbocycles. The van der Waals surface area contributed by atoms with Crippen molar-refractivity contribution in [3.8, 4) is 11.5 Å². The molecule has 16 rings (SSSR count). The molecule has 0 saturated carbocycles. The zero-order valence-electron chi connectivity index (χ0n) is 82.9. The number of nitrogens with one attached hydrogen (secondary N) is 13. The van der Waals surface area contributed by atoms with Gasteiger partial charge in [-0.15, -0.1) is 114 Å². The number of aryl methyl sites for hydroxylation is 9. The van der Waals surface area contributed by atoms with Gasteiger partial charge in [0, 0.05) is 137 Å². The number of H-pyrrole nitrogens is 1. The molecule has 0 fully saturated rings. The summed E-state index contributed by atoms with van der Waals surface area (Å²) < 4.78 is 29.3. The Labute approximate surface area is 918 Å². The van der Waals surface area contributed by atoms with Crippen molar-refractivity contribution in [3.05, 3.63) is 302 Å². The third kappa shape index (κ3) is 44.0. The predicted octanol–water partition coefficient (Wildman–Crippen LogP) is 23.9. The number of pyridine rings is 1. The van der Waals surface area contributed by atoms with Gasteiger partial charge in [-0.2, -0.15) is 4.39 Å². The SMILES string of the molecule is CCCCCC(=O)Nc1ncc(C)s1.Cc1cnc(NC(=O)[C@@H](N)Cc2ccccc2)s1.Cc1cnc(NC(=O)c2cc3ccccc3[nH]2)s1.Cc1cnc(NC(=O)c2ccccc2CCCNCl)s1.Cc1cnc(NC(=O)c2ccccc2NC(=O)OC(C)(C)C)s1.Cc1cnc(NC(=O)c2ccccc2OCCNCl)s1.Cc1cnc(NC(=O)c2cccnc2F)s1.Cc1cnc(NC(=O)c2sccc2OCCNCl)s1.Cl. The van der Waals surface area contributed by atoms with Crippen LogP contribution in [0.3, 0.4) is 0 Å². The number of carbonyl (C=O) groups excluding carboxylic acids is 9. The number of amides is 9. The van der Waals surface area contributed by atoms with Gasteiger partial charge < -0.3 is 35.6 Å². The van der Waals surface area contributed by atoms with Crippen LogP contribution in [0.15, 0.2) is 213 Å². The van der Waals surface area contributed by atoms with Crippen LogP contribution in [0.5, 0.6) is 11.5 Å². The summed E-state index contributed by atoms with van der Waals surface area (Å²) in [4.78, 5) is 163. The van der Waals surface area contributed by atoms with Crippen molar-refractivity contribution in [2.24, 2.45) is 5.73 Å². The first-order chi connectivity index (χ1) is 71.1. The fraction of sp³-hybridized carbons (Fsp3) is 0.260. The molecular weight excluding hydrogens is 2160 g/mol. The molecule has 35 nitrogen and oxygen atoms in total. The van der Waals surface area contributed by atoms with Gasteiger partial charge >= 0.3 is 6.09 Å². The van der Waals surface area contributed by atoms with Crippen molar-refractivity contribution >= 4 is 261 Å². The molecule has 788 valence electrons. The molecule has 0 radical (unpaired) electrons. The lowest BCUT2D eigenvalue weighted by Crippen LogP contribution is -2.37. The Kier molecular flexibility index (Phi) is 52.5. The molecule has 9 amide bonds. The Balaban J connectivity index is 0.000000208. The van der Waals surface area contributed by atoms with E-state index in [1.807, 2.05) is 152 Å². The summed E-state index contributed by atoms with van der Waals surface area (Å²) in [6.07, 6.45) is 20.5. The molecule has 15 N–H and O–H groups in total. The average molecular weight is 2280 g/mol. The summed E-state index contributed by atoms with van der Waals surface area (Å²) in [5.74, 6) is -1.45. The Morgan fingerprint density at radius 3 is 1.31 bits per heavy atom. The van der Waals surface area contributed by atoms with E-state index in [1.165, 1.54) is 120 Å². The molecule has 0 spiro atoms. The van der Waals surface area contributed by atoms with E-state index in [4.69, 9.17) is 55.3 Å². The summed E-state index contributed by atoms with van der Waals surface area (Å²) in [6.45, 7) is 25.4. The maximum absolute atomic E-state index is 13.2. The van der Waals surface area contributed by atoms with Gasteiger partial charge in [0.25, 0.3) is 35.4 Å². The van der Waals surface area contributed by atoms with Crippen molar-refractivity contribution in [1.29, 1.82) is 0 Å². The predicted molar refractivity (Wildman–Crippen MR) is 606 cm³/mol. The molecule has 11 heterocycles. The number of rotatable bonds is 34. The molecule has 0 aliphatic heterocycles. The molecule has 5 aromatic carbocycles. The first-order valence-electron chi connectivity index (χ1n) is 45.6. The minimum Gasteiger partial charge on any atom is -0.491 e. The number of hydrogen-bond donors (Lipinski definition) is 14. The molecular formula is C100H112Cl4FN23O12S9. The fourth-order valence-corrected chi connectivity index (χ4v) is 18.5. The number of hydrogen-bond acceptors (Lipinski definition) is 34. The molecule has 0 saturated heterocycles. The number of thiazole rings is 8. The summed E-state index contributed by atoms with van der Waals surface area (Å²) in [7, 11) is 0. The smallest absolute Gasteiger partial charge is 0.412 e. The van der Waals surface area contributed by atoms with Crippen LogP contribution >= 0.6 is 150 Å². The molecule has 0 aliphatic rings. The lowest BCUT2D eigenvalue weighted by molar-refractivity contribution is -0.117. The molecule has 0 unspecified atom stereocenters. The highest BCUT2D eigenvalue weighted by atomic mass is 35.5. The van der Waals surface area contributed by atoms with Gasteiger partial charge in [0.15, 0.2) is 41.1 Å². The number of unbranched alkanes of at least 4 members (excludes halogenated alkanes) is 2.